The molecule has 0 aliphatic heterocycles. The molecule has 0 spiro atoms. The van der Waals surface area contributed by atoms with E-state index in [9.17, 15) is 22.4 Å². The van der Waals surface area contributed by atoms with Gasteiger partial charge in [0.1, 0.15) is 10.7 Å². The largest absolute Gasteiger partial charge is 0.481 e. The van der Waals surface area contributed by atoms with E-state index in [1.54, 1.807) is 13.8 Å². The van der Waals surface area contributed by atoms with Crippen LogP contribution in [0.25, 0.3) is 0 Å². The maximum atomic E-state index is 13.6. The second-order valence-electron chi connectivity index (χ2n) is 5.71. The number of rotatable bonds is 7. The summed E-state index contributed by atoms with van der Waals surface area (Å²) in [7, 11) is -2.86. The number of amides is 2. The van der Waals surface area contributed by atoms with E-state index in [1.165, 1.54) is 6.07 Å². The van der Waals surface area contributed by atoms with E-state index in [4.69, 9.17) is 5.11 Å². The van der Waals surface area contributed by atoms with Crippen molar-refractivity contribution in [1.29, 1.82) is 0 Å². The molecular weight excluding hydrogens is 341 g/mol. The van der Waals surface area contributed by atoms with E-state index in [2.05, 4.69) is 10.6 Å². The topological polar surface area (TPSA) is 125 Å². The fourth-order valence-corrected chi connectivity index (χ4v) is 2.68. The number of carboxylic acids is 1. The highest BCUT2D eigenvalue weighted by Gasteiger charge is 2.22. The Labute approximate surface area is 139 Å². The number of anilines is 1. The summed E-state index contributed by atoms with van der Waals surface area (Å²) in [5.74, 6) is -1.93. The second kappa shape index (κ2) is 7.58. The monoisotopic (exact) mass is 361 g/mol. The maximum Gasteiger partial charge on any atom is 0.319 e. The Morgan fingerprint density at radius 3 is 2.46 bits per heavy atom. The summed E-state index contributed by atoms with van der Waals surface area (Å²) >= 11 is 0. The summed E-state index contributed by atoms with van der Waals surface area (Å²) in [4.78, 5) is 22.0. The van der Waals surface area contributed by atoms with Crippen molar-refractivity contribution in [3.63, 3.8) is 0 Å². The minimum atomic E-state index is -4.00. The van der Waals surface area contributed by atoms with Crippen LogP contribution in [0, 0.1) is 5.82 Å². The van der Waals surface area contributed by atoms with Gasteiger partial charge >= 0.3 is 12.0 Å². The number of benzene rings is 1. The van der Waals surface area contributed by atoms with Crippen LogP contribution in [0.3, 0.4) is 0 Å². The zero-order valence-corrected chi connectivity index (χ0v) is 14.3. The molecule has 0 aliphatic rings. The molecule has 0 radical (unpaired) electrons. The zero-order chi connectivity index (χ0) is 18.5. The second-order valence-corrected chi connectivity index (χ2v) is 7.56. The number of carboxylic acid groups (broad SMARTS) is 1. The first-order valence-corrected chi connectivity index (χ1v) is 8.49. The molecule has 134 valence electrons. The zero-order valence-electron chi connectivity index (χ0n) is 13.5. The third-order valence-electron chi connectivity index (χ3n) is 3.16. The van der Waals surface area contributed by atoms with Crippen molar-refractivity contribution in [3.8, 4) is 0 Å². The van der Waals surface area contributed by atoms with Crippen LogP contribution in [0.4, 0.5) is 14.9 Å². The molecule has 0 unspecified atom stereocenters. The molecule has 0 aromatic heterocycles. The molecule has 10 heteroatoms. The summed E-state index contributed by atoms with van der Waals surface area (Å²) < 4.78 is 39.0. The van der Waals surface area contributed by atoms with E-state index in [-0.39, 0.29) is 18.5 Å². The fourth-order valence-electron chi connectivity index (χ4n) is 1.85. The van der Waals surface area contributed by atoms with Crippen molar-refractivity contribution in [2.75, 3.05) is 12.4 Å². The number of nitrogens with one attached hydrogen (secondary N) is 3. The van der Waals surface area contributed by atoms with Crippen molar-refractivity contribution >= 4 is 27.7 Å². The number of halogens is 1. The predicted molar refractivity (Wildman–Crippen MR) is 85.7 cm³/mol. The highest BCUT2D eigenvalue weighted by atomic mass is 32.2. The Morgan fingerprint density at radius 1 is 1.29 bits per heavy atom. The van der Waals surface area contributed by atoms with Gasteiger partial charge in [-0.1, -0.05) is 0 Å². The van der Waals surface area contributed by atoms with Gasteiger partial charge in [-0.15, -0.1) is 0 Å². The Balaban J connectivity index is 2.85. The molecular formula is C14H20FN3O5S. The van der Waals surface area contributed by atoms with Crippen molar-refractivity contribution in [1.82, 2.24) is 10.0 Å². The van der Waals surface area contributed by atoms with Crippen molar-refractivity contribution < 1.29 is 27.5 Å². The molecule has 0 atom stereocenters. The van der Waals surface area contributed by atoms with Gasteiger partial charge in [-0.3, -0.25) is 4.79 Å². The number of urea groups is 1. The molecule has 0 saturated carbocycles. The molecule has 0 heterocycles. The number of carbonyl (C=O) groups is 2. The van der Waals surface area contributed by atoms with E-state index in [0.29, 0.717) is 0 Å². The minimum absolute atomic E-state index is 0.0803. The third kappa shape index (κ3) is 5.78. The first-order valence-electron chi connectivity index (χ1n) is 7.01. The van der Waals surface area contributed by atoms with Gasteiger partial charge in [-0.25, -0.2) is 22.3 Å². The standard InChI is InChI=1S/C14H20FN3O5S/c1-14(2,7-6-12(19)20)18-13(21)17-9-4-5-10(15)11(8-9)24(22,23)16-3/h4-5,8,16H,6-7H2,1-3H3,(H,19,20)(H2,17,18,21). The lowest BCUT2D eigenvalue weighted by atomic mass is 9.99. The van der Waals surface area contributed by atoms with Gasteiger partial charge < -0.3 is 15.7 Å². The highest BCUT2D eigenvalue weighted by molar-refractivity contribution is 7.89. The van der Waals surface area contributed by atoms with Gasteiger partial charge in [0.2, 0.25) is 10.0 Å². The lowest BCUT2D eigenvalue weighted by Crippen LogP contribution is -2.45. The Morgan fingerprint density at radius 2 is 1.92 bits per heavy atom. The van der Waals surface area contributed by atoms with Crippen LogP contribution < -0.4 is 15.4 Å². The van der Waals surface area contributed by atoms with Gasteiger partial charge in [-0.05, 0) is 45.5 Å². The number of hydrogen-bond donors (Lipinski definition) is 4. The van der Waals surface area contributed by atoms with Crippen LogP contribution in [0.15, 0.2) is 23.1 Å². The van der Waals surface area contributed by atoms with Crippen LogP contribution >= 0.6 is 0 Å². The van der Waals surface area contributed by atoms with E-state index in [1.807, 2.05) is 4.72 Å². The van der Waals surface area contributed by atoms with Gasteiger partial charge in [0.15, 0.2) is 0 Å². The van der Waals surface area contributed by atoms with Crippen molar-refractivity contribution in [3.05, 3.63) is 24.0 Å². The lowest BCUT2D eigenvalue weighted by Gasteiger charge is -2.25. The molecule has 24 heavy (non-hydrogen) atoms. The Hall–Kier alpha value is -2.20. The van der Waals surface area contributed by atoms with Crippen LogP contribution in [0.5, 0.6) is 0 Å². The van der Waals surface area contributed by atoms with Crippen molar-refractivity contribution in [2.45, 2.75) is 37.1 Å². The quantitative estimate of drug-likeness (QED) is 0.586. The molecule has 0 fully saturated rings. The summed E-state index contributed by atoms with van der Waals surface area (Å²) in [6, 6.07) is 2.47. The number of hydrogen-bond acceptors (Lipinski definition) is 4. The van der Waals surface area contributed by atoms with E-state index < -0.39 is 38.3 Å². The maximum absolute atomic E-state index is 13.6. The normalized spacial score (nSPS) is 11.8. The number of carbonyl (C=O) groups excluding carboxylic acids is 1. The minimum Gasteiger partial charge on any atom is -0.481 e. The average Bonchev–Trinajstić information content (AvgIpc) is 2.46. The van der Waals surface area contributed by atoms with Crippen LogP contribution in [0.1, 0.15) is 26.7 Å². The molecule has 0 aliphatic carbocycles. The summed E-state index contributed by atoms with van der Waals surface area (Å²) in [6.07, 6.45) is 0.0902. The SMILES string of the molecule is CNS(=O)(=O)c1cc(NC(=O)NC(C)(C)CCC(=O)O)ccc1F. The first-order chi connectivity index (χ1) is 11.0. The fraction of sp³-hybridized carbons (Fsp3) is 0.429. The molecule has 8 nitrogen and oxygen atoms in total. The third-order valence-corrected chi connectivity index (χ3v) is 4.59. The van der Waals surface area contributed by atoms with Gasteiger partial charge in [0, 0.05) is 17.6 Å². The van der Waals surface area contributed by atoms with Crippen molar-refractivity contribution in [2.24, 2.45) is 0 Å². The van der Waals surface area contributed by atoms with Gasteiger partial charge in [0.25, 0.3) is 0 Å². The number of aliphatic carboxylic acids is 1. The Kier molecular flexibility index (Phi) is 6.27. The van der Waals surface area contributed by atoms with E-state index in [0.717, 1.165) is 19.2 Å². The van der Waals surface area contributed by atoms with E-state index >= 15 is 0 Å². The predicted octanol–water partition coefficient (Wildman–Crippen LogP) is 1.50. The van der Waals surface area contributed by atoms with Crippen LogP contribution in [0.2, 0.25) is 0 Å². The molecule has 0 saturated heterocycles. The Bertz CT molecular complexity index is 734. The number of sulfonamides is 1. The van der Waals surface area contributed by atoms with Crippen LogP contribution in [-0.2, 0) is 14.8 Å². The summed E-state index contributed by atoms with van der Waals surface area (Å²) in [5, 5.41) is 13.6. The first kappa shape index (κ1) is 19.8. The lowest BCUT2D eigenvalue weighted by molar-refractivity contribution is -0.137. The average molecular weight is 361 g/mol. The van der Waals surface area contributed by atoms with Gasteiger partial charge in [-0.2, -0.15) is 0 Å². The molecule has 1 aromatic carbocycles. The smallest absolute Gasteiger partial charge is 0.319 e. The molecule has 0 bridgehead atoms. The molecule has 2 amide bonds. The summed E-state index contributed by atoms with van der Waals surface area (Å²) in [5.41, 5.74) is -0.709. The van der Waals surface area contributed by atoms with Gasteiger partial charge in [0.05, 0.1) is 0 Å². The summed E-state index contributed by atoms with van der Waals surface area (Å²) in [6.45, 7) is 3.30. The van der Waals surface area contributed by atoms with Crippen LogP contribution in [-0.4, -0.2) is 38.1 Å². The molecule has 1 rings (SSSR count). The molecule has 4 N–H and O–H groups in total. The highest BCUT2D eigenvalue weighted by Crippen LogP contribution is 2.19. The molecule has 1 aromatic rings.